The number of carbonyl (C=O) groups excluding carboxylic acids is 1. The van der Waals surface area contributed by atoms with Gasteiger partial charge in [0.15, 0.2) is 6.61 Å². The highest BCUT2D eigenvalue weighted by molar-refractivity contribution is 5.78. The van der Waals surface area contributed by atoms with Crippen molar-refractivity contribution >= 4 is 5.91 Å². The summed E-state index contributed by atoms with van der Waals surface area (Å²) in [5, 5.41) is 0. The summed E-state index contributed by atoms with van der Waals surface area (Å²) >= 11 is 0. The zero-order valence-electron chi connectivity index (χ0n) is 13.9. The molecule has 0 atom stereocenters. The molecule has 0 aromatic heterocycles. The summed E-state index contributed by atoms with van der Waals surface area (Å²) in [4.78, 5) is 14.3. The standard InChI is InChI=1S/C20H22FNO2/c1-2-15-6-10-19(11-7-15)24-14-20(23)22(18-8-9-18)13-16-4-3-5-17(21)12-16/h3-7,10-12,18H,2,8-9,13-14H2,1H3. The van der Waals surface area contributed by atoms with Crippen LogP contribution >= 0.6 is 0 Å². The first-order chi connectivity index (χ1) is 11.7. The molecule has 1 aliphatic carbocycles. The third-order valence-electron chi connectivity index (χ3n) is 4.24. The Hall–Kier alpha value is -2.36. The van der Waals surface area contributed by atoms with Crippen LogP contribution in [-0.2, 0) is 17.8 Å². The van der Waals surface area contributed by atoms with Gasteiger partial charge in [-0.25, -0.2) is 4.39 Å². The van der Waals surface area contributed by atoms with E-state index >= 15 is 0 Å². The number of amides is 1. The molecule has 0 saturated heterocycles. The molecular formula is C20H22FNO2. The van der Waals surface area contributed by atoms with E-state index in [1.54, 1.807) is 11.0 Å². The third-order valence-corrected chi connectivity index (χ3v) is 4.24. The second-order valence-corrected chi connectivity index (χ2v) is 6.17. The molecule has 1 amide bonds. The molecule has 1 saturated carbocycles. The maximum absolute atomic E-state index is 13.3. The van der Waals surface area contributed by atoms with E-state index in [-0.39, 0.29) is 24.4 Å². The van der Waals surface area contributed by atoms with Crippen LogP contribution in [0.3, 0.4) is 0 Å². The Morgan fingerprint density at radius 3 is 2.54 bits per heavy atom. The number of halogens is 1. The highest BCUT2D eigenvalue weighted by Gasteiger charge is 2.32. The van der Waals surface area contributed by atoms with Crippen LogP contribution in [0.15, 0.2) is 48.5 Å². The summed E-state index contributed by atoms with van der Waals surface area (Å²) in [5.41, 5.74) is 2.04. The lowest BCUT2D eigenvalue weighted by molar-refractivity contribution is -0.134. The van der Waals surface area contributed by atoms with Gasteiger partial charge in [0, 0.05) is 12.6 Å². The maximum atomic E-state index is 13.3. The van der Waals surface area contributed by atoms with Gasteiger partial charge >= 0.3 is 0 Å². The van der Waals surface area contributed by atoms with Crippen molar-refractivity contribution in [1.82, 2.24) is 4.90 Å². The number of ether oxygens (including phenoxy) is 1. The third kappa shape index (κ3) is 4.34. The number of carbonyl (C=O) groups is 1. The van der Waals surface area contributed by atoms with Crippen molar-refractivity contribution in [3.05, 3.63) is 65.5 Å². The Bertz CT molecular complexity index is 695. The Morgan fingerprint density at radius 2 is 1.92 bits per heavy atom. The molecular weight excluding hydrogens is 305 g/mol. The number of hydrogen-bond donors (Lipinski definition) is 0. The van der Waals surface area contributed by atoms with Gasteiger partial charge in [0.05, 0.1) is 0 Å². The summed E-state index contributed by atoms with van der Waals surface area (Å²) < 4.78 is 19.0. The lowest BCUT2D eigenvalue weighted by atomic mass is 10.2. The van der Waals surface area contributed by atoms with Gasteiger partial charge in [0.2, 0.25) is 0 Å². The van der Waals surface area contributed by atoms with E-state index in [0.29, 0.717) is 12.3 Å². The van der Waals surface area contributed by atoms with E-state index in [9.17, 15) is 9.18 Å². The molecule has 4 heteroatoms. The highest BCUT2D eigenvalue weighted by Crippen LogP contribution is 2.28. The Labute approximate surface area is 142 Å². The van der Waals surface area contributed by atoms with Crippen LogP contribution in [-0.4, -0.2) is 23.5 Å². The van der Waals surface area contributed by atoms with E-state index in [4.69, 9.17) is 4.74 Å². The molecule has 0 heterocycles. The summed E-state index contributed by atoms with van der Waals surface area (Å²) in [6.07, 6.45) is 2.99. The van der Waals surface area contributed by atoms with Crippen LogP contribution in [0.4, 0.5) is 4.39 Å². The number of hydrogen-bond acceptors (Lipinski definition) is 2. The van der Waals surface area contributed by atoms with Crippen LogP contribution in [0, 0.1) is 5.82 Å². The fourth-order valence-electron chi connectivity index (χ4n) is 2.69. The van der Waals surface area contributed by atoms with Gasteiger partial charge in [-0.15, -0.1) is 0 Å². The van der Waals surface area contributed by atoms with Crippen LogP contribution in [0.2, 0.25) is 0 Å². The second kappa shape index (κ2) is 7.47. The summed E-state index contributed by atoms with van der Waals surface area (Å²) in [7, 11) is 0. The second-order valence-electron chi connectivity index (χ2n) is 6.17. The van der Waals surface area contributed by atoms with Crippen molar-refractivity contribution in [2.75, 3.05) is 6.61 Å². The summed E-state index contributed by atoms with van der Waals surface area (Å²) in [5.74, 6) is 0.367. The van der Waals surface area contributed by atoms with Gasteiger partial charge in [0.25, 0.3) is 5.91 Å². The van der Waals surface area contributed by atoms with Crippen LogP contribution in [0.25, 0.3) is 0 Å². The van der Waals surface area contributed by atoms with Crippen molar-refractivity contribution in [3.8, 4) is 5.75 Å². The minimum absolute atomic E-state index is 0.0112. The highest BCUT2D eigenvalue weighted by atomic mass is 19.1. The first-order valence-electron chi connectivity index (χ1n) is 8.41. The number of rotatable bonds is 7. The van der Waals surface area contributed by atoms with E-state index in [1.807, 2.05) is 30.3 Å². The molecule has 0 spiro atoms. The predicted molar refractivity (Wildman–Crippen MR) is 91.3 cm³/mol. The normalized spacial score (nSPS) is 13.6. The van der Waals surface area contributed by atoms with Crippen molar-refractivity contribution in [2.24, 2.45) is 0 Å². The van der Waals surface area contributed by atoms with Crippen LogP contribution < -0.4 is 4.74 Å². The molecule has 3 nitrogen and oxygen atoms in total. The molecule has 126 valence electrons. The van der Waals surface area contributed by atoms with Crippen molar-refractivity contribution in [1.29, 1.82) is 0 Å². The predicted octanol–water partition coefficient (Wildman–Crippen LogP) is 3.96. The largest absolute Gasteiger partial charge is 0.484 e. The zero-order valence-corrected chi connectivity index (χ0v) is 13.9. The first-order valence-corrected chi connectivity index (χ1v) is 8.41. The van der Waals surface area contributed by atoms with Gasteiger partial charge in [-0.1, -0.05) is 31.2 Å². The summed E-state index contributed by atoms with van der Waals surface area (Å²) in [6, 6.07) is 14.5. The molecule has 0 unspecified atom stereocenters. The van der Waals surface area contributed by atoms with E-state index in [2.05, 4.69) is 6.92 Å². The van der Waals surface area contributed by atoms with Crippen molar-refractivity contribution in [2.45, 2.75) is 38.8 Å². The molecule has 24 heavy (non-hydrogen) atoms. The number of nitrogens with zero attached hydrogens (tertiary/aromatic N) is 1. The molecule has 0 bridgehead atoms. The van der Waals surface area contributed by atoms with Gasteiger partial charge in [-0.05, 0) is 54.7 Å². The van der Waals surface area contributed by atoms with E-state index < -0.39 is 0 Å². The minimum Gasteiger partial charge on any atom is -0.484 e. The molecule has 2 aromatic rings. The molecule has 0 N–H and O–H groups in total. The lowest BCUT2D eigenvalue weighted by Crippen LogP contribution is -2.36. The molecule has 0 radical (unpaired) electrons. The topological polar surface area (TPSA) is 29.5 Å². The minimum atomic E-state index is -0.275. The zero-order chi connectivity index (χ0) is 16.9. The number of benzene rings is 2. The monoisotopic (exact) mass is 327 g/mol. The first kappa shape index (κ1) is 16.5. The smallest absolute Gasteiger partial charge is 0.261 e. The van der Waals surface area contributed by atoms with Gasteiger partial charge in [-0.2, -0.15) is 0 Å². The molecule has 0 aliphatic heterocycles. The SMILES string of the molecule is CCc1ccc(OCC(=O)N(Cc2cccc(F)c2)C2CC2)cc1. The van der Waals surface area contributed by atoms with Crippen LogP contribution in [0.1, 0.15) is 30.9 Å². The molecule has 2 aromatic carbocycles. The fraction of sp³-hybridized carbons (Fsp3) is 0.350. The quantitative estimate of drug-likeness (QED) is 0.770. The van der Waals surface area contributed by atoms with Gasteiger partial charge in [0.1, 0.15) is 11.6 Å². The van der Waals surface area contributed by atoms with Crippen LogP contribution in [0.5, 0.6) is 5.75 Å². The Morgan fingerprint density at radius 1 is 1.17 bits per heavy atom. The van der Waals surface area contributed by atoms with Gasteiger partial charge in [-0.3, -0.25) is 4.79 Å². The molecule has 1 fully saturated rings. The maximum Gasteiger partial charge on any atom is 0.261 e. The van der Waals surface area contributed by atoms with Gasteiger partial charge < -0.3 is 9.64 Å². The van der Waals surface area contributed by atoms with E-state index in [0.717, 1.165) is 24.8 Å². The average Bonchev–Trinajstić information content (AvgIpc) is 3.43. The van der Waals surface area contributed by atoms with Crippen molar-refractivity contribution < 1.29 is 13.9 Å². The molecule has 1 aliphatic rings. The summed E-state index contributed by atoms with van der Waals surface area (Å²) in [6.45, 7) is 2.54. The fourth-order valence-corrected chi connectivity index (χ4v) is 2.69. The average molecular weight is 327 g/mol. The van der Waals surface area contributed by atoms with E-state index in [1.165, 1.54) is 17.7 Å². The Kier molecular flexibility index (Phi) is 5.14. The Balaban J connectivity index is 1.60. The van der Waals surface area contributed by atoms with Crippen molar-refractivity contribution in [3.63, 3.8) is 0 Å². The lowest BCUT2D eigenvalue weighted by Gasteiger charge is -2.22. The molecule has 3 rings (SSSR count). The number of aryl methyl sites for hydroxylation is 1.